The largest absolute Gasteiger partial charge is 0.364 e. The molecule has 90 valence electrons. The van der Waals surface area contributed by atoms with Crippen molar-refractivity contribution in [3.8, 4) is 0 Å². The van der Waals surface area contributed by atoms with E-state index in [2.05, 4.69) is 28.8 Å². The molecule has 0 saturated heterocycles. The summed E-state index contributed by atoms with van der Waals surface area (Å²) in [6.07, 6.45) is 2.20. The van der Waals surface area contributed by atoms with Crippen LogP contribution < -0.4 is 11.1 Å². The van der Waals surface area contributed by atoms with Crippen molar-refractivity contribution in [3.05, 3.63) is 18.0 Å². The van der Waals surface area contributed by atoms with Crippen LogP contribution in [0.5, 0.6) is 0 Å². The summed E-state index contributed by atoms with van der Waals surface area (Å²) in [5.41, 5.74) is 5.58. The normalized spacial score (nSPS) is 14.8. The number of hydrogen-bond acceptors (Lipinski definition) is 4. The Morgan fingerprint density at radius 1 is 1.69 bits per heavy atom. The van der Waals surface area contributed by atoms with E-state index >= 15 is 0 Å². The molecule has 1 heterocycles. The summed E-state index contributed by atoms with van der Waals surface area (Å²) in [5, 5.41) is 6.48. The summed E-state index contributed by atoms with van der Waals surface area (Å²) in [6, 6.07) is 1.53. The summed E-state index contributed by atoms with van der Waals surface area (Å²) in [5.74, 6) is 0.216. The average molecular weight is 225 g/mol. The first kappa shape index (κ1) is 12.7. The fourth-order valence-corrected chi connectivity index (χ4v) is 1.75. The molecule has 0 saturated carbocycles. The molecule has 0 aliphatic carbocycles. The quantitative estimate of drug-likeness (QED) is 0.788. The highest BCUT2D eigenvalue weighted by Crippen LogP contribution is 2.15. The van der Waals surface area contributed by atoms with Gasteiger partial charge in [-0.15, -0.1) is 0 Å². The Morgan fingerprint density at radius 3 is 2.81 bits per heavy atom. The van der Waals surface area contributed by atoms with Gasteiger partial charge in [-0.25, -0.2) is 0 Å². The Bertz CT molecular complexity index is 335. The van der Waals surface area contributed by atoms with Crippen molar-refractivity contribution in [3.63, 3.8) is 0 Å². The maximum absolute atomic E-state index is 11.8. The minimum Gasteiger partial charge on any atom is -0.364 e. The zero-order chi connectivity index (χ0) is 12.2. The second-order valence-corrected chi connectivity index (χ2v) is 4.70. The van der Waals surface area contributed by atoms with Gasteiger partial charge in [-0.3, -0.25) is 4.79 Å². The SMILES string of the molecule is CC(C)CC(C)(CN)NC(=O)c1ccon1. The lowest BCUT2D eigenvalue weighted by Crippen LogP contribution is -2.52. The molecule has 1 aromatic rings. The molecular weight excluding hydrogens is 206 g/mol. The molecule has 3 N–H and O–H groups in total. The summed E-state index contributed by atoms with van der Waals surface area (Å²) < 4.78 is 4.62. The fourth-order valence-electron chi connectivity index (χ4n) is 1.75. The molecule has 1 aromatic heterocycles. The first-order chi connectivity index (χ1) is 7.47. The van der Waals surface area contributed by atoms with Crippen molar-refractivity contribution in [2.45, 2.75) is 32.7 Å². The van der Waals surface area contributed by atoms with Gasteiger partial charge in [-0.2, -0.15) is 0 Å². The Labute approximate surface area is 95.4 Å². The first-order valence-electron chi connectivity index (χ1n) is 5.40. The molecule has 0 radical (unpaired) electrons. The Kier molecular flexibility index (Phi) is 4.06. The summed E-state index contributed by atoms with van der Waals surface area (Å²) in [6.45, 7) is 6.52. The van der Waals surface area contributed by atoms with E-state index in [1.165, 1.54) is 12.3 Å². The van der Waals surface area contributed by atoms with Gasteiger partial charge in [0.15, 0.2) is 5.69 Å². The van der Waals surface area contributed by atoms with Crippen LogP contribution in [0.2, 0.25) is 0 Å². The number of aromatic nitrogens is 1. The van der Waals surface area contributed by atoms with E-state index < -0.39 is 5.54 Å². The van der Waals surface area contributed by atoms with Gasteiger partial charge in [0.25, 0.3) is 5.91 Å². The Morgan fingerprint density at radius 2 is 2.38 bits per heavy atom. The highest BCUT2D eigenvalue weighted by Gasteiger charge is 2.27. The maximum Gasteiger partial charge on any atom is 0.273 e. The molecule has 16 heavy (non-hydrogen) atoms. The smallest absolute Gasteiger partial charge is 0.273 e. The second kappa shape index (κ2) is 5.12. The van der Waals surface area contributed by atoms with Gasteiger partial charge in [0.05, 0.1) is 5.54 Å². The minimum atomic E-state index is -0.399. The monoisotopic (exact) mass is 225 g/mol. The summed E-state index contributed by atoms with van der Waals surface area (Å²) in [4.78, 5) is 11.8. The summed E-state index contributed by atoms with van der Waals surface area (Å²) in [7, 11) is 0. The maximum atomic E-state index is 11.8. The van der Waals surface area contributed by atoms with Crippen molar-refractivity contribution in [2.24, 2.45) is 11.7 Å². The number of amides is 1. The van der Waals surface area contributed by atoms with Gasteiger partial charge in [0.2, 0.25) is 0 Å². The number of nitrogens with two attached hydrogens (primary N) is 1. The van der Waals surface area contributed by atoms with Crippen molar-refractivity contribution in [2.75, 3.05) is 6.54 Å². The highest BCUT2D eigenvalue weighted by atomic mass is 16.5. The standard InChI is InChI=1S/C11H19N3O2/c1-8(2)6-11(3,7-12)13-10(15)9-4-5-16-14-9/h4-5,8H,6-7,12H2,1-3H3,(H,13,15). The van der Waals surface area contributed by atoms with Crippen LogP contribution in [0, 0.1) is 5.92 Å². The van der Waals surface area contributed by atoms with E-state index in [1.807, 2.05) is 6.92 Å². The van der Waals surface area contributed by atoms with Crippen LogP contribution in [0.1, 0.15) is 37.7 Å². The van der Waals surface area contributed by atoms with E-state index in [-0.39, 0.29) is 11.6 Å². The minimum absolute atomic E-state index is 0.248. The van der Waals surface area contributed by atoms with E-state index in [9.17, 15) is 4.79 Å². The number of carbonyl (C=O) groups is 1. The van der Waals surface area contributed by atoms with E-state index in [0.29, 0.717) is 12.5 Å². The van der Waals surface area contributed by atoms with Gasteiger partial charge < -0.3 is 15.6 Å². The molecule has 0 fully saturated rings. The molecule has 0 aromatic carbocycles. The molecule has 1 atom stereocenters. The van der Waals surface area contributed by atoms with Crippen LogP contribution >= 0.6 is 0 Å². The molecular formula is C11H19N3O2. The number of nitrogens with one attached hydrogen (secondary N) is 1. The van der Waals surface area contributed by atoms with Crippen LogP contribution in [0.4, 0.5) is 0 Å². The van der Waals surface area contributed by atoms with Gasteiger partial charge in [0, 0.05) is 12.6 Å². The lowest BCUT2D eigenvalue weighted by molar-refractivity contribution is 0.0889. The zero-order valence-electron chi connectivity index (χ0n) is 9.99. The predicted molar refractivity (Wildman–Crippen MR) is 60.9 cm³/mol. The lowest BCUT2D eigenvalue weighted by Gasteiger charge is -2.30. The van der Waals surface area contributed by atoms with Crippen molar-refractivity contribution in [1.82, 2.24) is 10.5 Å². The van der Waals surface area contributed by atoms with Crippen LogP contribution in [0.3, 0.4) is 0 Å². The van der Waals surface area contributed by atoms with E-state index in [0.717, 1.165) is 6.42 Å². The fraction of sp³-hybridized carbons (Fsp3) is 0.636. The predicted octanol–water partition coefficient (Wildman–Crippen LogP) is 1.17. The molecule has 5 nitrogen and oxygen atoms in total. The van der Waals surface area contributed by atoms with E-state index in [1.54, 1.807) is 0 Å². The molecule has 5 heteroatoms. The van der Waals surface area contributed by atoms with Gasteiger partial charge in [-0.1, -0.05) is 19.0 Å². The average Bonchev–Trinajstić information content (AvgIpc) is 2.69. The third kappa shape index (κ3) is 3.34. The van der Waals surface area contributed by atoms with Crippen LogP contribution in [0.25, 0.3) is 0 Å². The topological polar surface area (TPSA) is 81.1 Å². The van der Waals surface area contributed by atoms with Crippen molar-refractivity contribution < 1.29 is 9.32 Å². The second-order valence-electron chi connectivity index (χ2n) is 4.70. The highest BCUT2D eigenvalue weighted by molar-refractivity contribution is 5.92. The third-order valence-electron chi connectivity index (χ3n) is 2.40. The molecule has 1 unspecified atom stereocenters. The molecule has 0 aliphatic heterocycles. The molecule has 0 spiro atoms. The number of hydrogen-bond donors (Lipinski definition) is 2. The molecule has 0 bridgehead atoms. The van der Waals surface area contributed by atoms with Gasteiger partial charge in [0.1, 0.15) is 6.26 Å². The van der Waals surface area contributed by atoms with Crippen LogP contribution in [-0.2, 0) is 0 Å². The Balaban J connectivity index is 2.66. The molecule has 0 aliphatic rings. The zero-order valence-corrected chi connectivity index (χ0v) is 9.99. The number of rotatable bonds is 5. The van der Waals surface area contributed by atoms with Crippen LogP contribution in [-0.4, -0.2) is 23.1 Å². The molecule has 1 rings (SSSR count). The van der Waals surface area contributed by atoms with Crippen molar-refractivity contribution >= 4 is 5.91 Å². The Hall–Kier alpha value is -1.36. The van der Waals surface area contributed by atoms with Gasteiger partial charge in [-0.05, 0) is 19.3 Å². The van der Waals surface area contributed by atoms with Crippen molar-refractivity contribution in [1.29, 1.82) is 0 Å². The number of carbonyl (C=O) groups excluding carboxylic acids is 1. The molecule has 1 amide bonds. The summed E-state index contributed by atoms with van der Waals surface area (Å²) >= 11 is 0. The van der Waals surface area contributed by atoms with Crippen LogP contribution in [0.15, 0.2) is 16.9 Å². The van der Waals surface area contributed by atoms with Gasteiger partial charge >= 0.3 is 0 Å². The third-order valence-corrected chi connectivity index (χ3v) is 2.40. The lowest BCUT2D eigenvalue weighted by atomic mass is 9.90. The van der Waals surface area contributed by atoms with E-state index in [4.69, 9.17) is 5.73 Å². The first-order valence-corrected chi connectivity index (χ1v) is 5.40. The number of nitrogens with zero attached hydrogens (tertiary/aromatic N) is 1.